The summed E-state index contributed by atoms with van der Waals surface area (Å²) < 4.78 is 13.3. The molecule has 1 unspecified atom stereocenters. The quantitative estimate of drug-likeness (QED) is 0.229. The number of carbonyl (C=O) groups excluding carboxylic acids is 3. The Kier molecular flexibility index (Phi) is 12.4. The van der Waals surface area contributed by atoms with Crippen molar-refractivity contribution in [3.8, 4) is 0 Å². The van der Waals surface area contributed by atoms with E-state index in [0.717, 1.165) is 43.1 Å². The number of ketones is 1. The van der Waals surface area contributed by atoms with E-state index in [9.17, 15) is 19.5 Å². The van der Waals surface area contributed by atoms with E-state index in [-0.39, 0.29) is 36.1 Å². The standard InChI is InChI=1S/C35H54N4O6/c1-25(2)13-14-26(22-31(41)32-36-29-11-7-8-12-30(29)39(32)15-9-6-10-18-40)27-21-28(33(42)37-16-19-44-20-17-37)24-38(23-27)34(43)45-35(3,4)5/h7-8,11-12,25-28,40H,6,9-10,13-24H2,1-5H3/t26?,27-,28+/m0/s1. The summed E-state index contributed by atoms with van der Waals surface area (Å²) in [6, 6.07) is 7.84. The van der Waals surface area contributed by atoms with E-state index in [4.69, 9.17) is 14.5 Å². The van der Waals surface area contributed by atoms with Crippen molar-refractivity contribution in [3.63, 3.8) is 0 Å². The first-order chi connectivity index (χ1) is 21.5. The molecule has 1 aromatic carbocycles. The van der Waals surface area contributed by atoms with E-state index in [1.165, 1.54) is 0 Å². The molecule has 1 N–H and O–H groups in total. The average Bonchev–Trinajstić information content (AvgIpc) is 3.39. The minimum Gasteiger partial charge on any atom is -0.444 e. The van der Waals surface area contributed by atoms with E-state index >= 15 is 0 Å². The summed E-state index contributed by atoms with van der Waals surface area (Å²) in [5.74, 6) is 0.550. The van der Waals surface area contributed by atoms with Crippen LogP contribution in [0.5, 0.6) is 0 Å². The third-order valence-corrected chi connectivity index (χ3v) is 8.98. The van der Waals surface area contributed by atoms with E-state index in [1.54, 1.807) is 4.90 Å². The van der Waals surface area contributed by atoms with Gasteiger partial charge in [-0.1, -0.05) is 32.4 Å². The summed E-state index contributed by atoms with van der Waals surface area (Å²) >= 11 is 0. The molecule has 4 rings (SSSR count). The molecule has 0 aliphatic carbocycles. The molecule has 2 fully saturated rings. The summed E-state index contributed by atoms with van der Waals surface area (Å²) in [5.41, 5.74) is 1.08. The third kappa shape index (κ3) is 9.75. The maximum atomic E-state index is 14.2. The monoisotopic (exact) mass is 626 g/mol. The minimum atomic E-state index is -0.656. The number of unbranched alkanes of at least 4 members (excludes halogenated alkanes) is 2. The first kappa shape index (κ1) is 34.9. The number of hydrogen-bond donors (Lipinski definition) is 1. The van der Waals surface area contributed by atoms with Crippen LogP contribution in [-0.4, -0.2) is 93.8 Å². The topological polar surface area (TPSA) is 114 Å². The number of aliphatic hydroxyl groups is 1. The van der Waals surface area contributed by atoms with Crippen LogP contribution in [0, 0.1) is 23.7 Å². The van der Waals surface area contributed by atoms with Gasteiger partial charge in [-0.2, -0.15) is 0 Å². The molecule has 45 heavy (non-hydrogen) atoms. The minimum absolute atomic E-state index is 0.00689. The van der Waals surface area contributed by atoms with Crippen LogP contribution in [0.1, 0.15) is 90.2 Å². The Morgan fingerprint density at radius 1 is 1.02 bits per heavy atom. The molecule has 1 aromatic heterocycles. The molecule has 10 heteroatoms. The van der Waals surface area contributed by atoms with Crippen molar-refractivity contribution in [1.29, 1.82) is 0 Å². The fourth-order valence-corrected chi connectivity index (χ4v) is 6.63. The SMILES string of the molecule is CC(C)CCC(CC(=O)c1nc2ccccc2n1CCCCCO)[C@H]1C[C@@H](C(=O)N2CCOCC2)CN(C(=O)OC(C)(C)C)C1. The van der Waals surface area contributed by atoms with Crippen LogP contribution < -0.4 is 0 Å². The van der Waals surface area contributed by atoms with Gasteiger partial charge in [0, 0.05) is 45.8 Å². The Labute approximate surface area is 268 Å². The normalized spacial score (nSPS) is 20.1. The highest BCUT2D eigenvalue weighted by atomic mass is 16.6. The van der Waals surface area contributed by atoms with Crippen molar-refractivity contribution >= 4 is 28.8 Å². The van der Waals surface area contributed by atoms with Gasteiger partial charge in [-0.05, 0) is 82.8 Å². The number of ether oxygens (including phenoxy) is 2. The van der Waals surface area contributed by atoms with Crippen LogP contribution in [0.4, 0.5) is 4.79 Å². The number of para-hydroxylation sites is 2. The zero-order valence-corrected chi connectivity index (χ0v) is 28.0. The van der Waals surface area contributed by atoms with Gasteiger partial charge >= 0.3 is 6.09 Å². The van der Waals surface area contributed by atoms with Crippen molar-refractivity contribution in [3.05, 3.63) is 30.1 Å². The van der Waals surface area contributed by atoms with Crippen LogP contribution in [-0.2, 0) is 20.8 Å². The van der Waals surface area contributed by atoms with Crippen LogP contribution >= 0.6 is 0 Å². The molecule has 3 atom stereocenters. The highest BCUT2D eigenvalue weighted by molar-refractivity contribution is 5.96. The fraction of sp³-hybridized carbons (Fsp3) is 0.714. The number of amides is 2. The van der Waals surface area contributed by atoms with Crippen molar-refractivity contribution in [2.75, 3.05) is 46.0 Å². The van der Waals surface area contributed by atoms with Gasteiger partial charge in [-0.15, -0.1) is 0 Å². The lowest BCUT2D eigenvalue weighted by Crippen LogP contribution is -2.53. The van der Waals surface area contributed by atoms with Gasteiger partial charge < -0.3 is 28.9 Å². The number of aryl methyl sites for hydroxylation is 1. The summed E-state index contributed by atoms with van der Waals surface area (Å²) in [5, 5.41) is 9.25. The first-order valence-corrected chi connectivity index (χ1v) is 16.9. The third-order valence-electron chi connectivity index (χ3n) is 8.98. The maximum absolute atomic E-state index is 14.2. The fourth-order valence-electron chi connectivity index (χ4n) is 6.63. The Morgan fingerprint density at radius 2 is 1.76 bits per heavy atom. The molecule has 10 nitrogen and oxygen atoms in total. The molecule has 0 bridgehead atoms. The number of imidazole rings is 1. The number of aliphatic hydroxyl groups excluding tert-OH is 1. The van der Waals surface area contributed by atoms with Crippen LogP contribution in [0.3, 0.4) is 0 Å². The number of fused-ring (bicyclic) bond motifs is 1. The molecule has 2 aliphatic heterocycles. The molecule has 0 spiro atoms. The zero-order chi connectivity index (χ0) is 32.6. The number of hydrogen-bond acceptors (Lipinski definition) is 7. The molecule has 0 saturated carbocycles. The van der Waals surface area contributed by atoms with Gasteiger partial charge in [-0.3, -0.25) is 9.59 Å². The Bertz CT molecular complexity index is 1280. The second kappa shape index (κ2) is 16.0. The predicted molar refractivity (Wildman–Crippen MR) is 174 cm³/mol. The second-order valence-electron chi connectivity index (χ2n) is 14.2. The van der Waals surface area contributed by atoms with E-state index in [1.807, 2.05) is 54.5 Å². The van der Waals surface area contributed by atoms with E-state index < -0.39 is 11.7 Å². The molecular weight excluding hydrogens is 572 g/mol. The van der Waals surface area contributed by atoms with E-state index in [2.05, 4.69) is 13.8 Å². The number of morpholine rings is 1. The largest absolute Gasteiger partial charge is 0.444 e. The molecule has 2 aromatic rings. The van der Waals surface area contributed by atoms with Crippen LogP contribution in [0.25, 0.3) is 11.0 Å². The van der Waals surface area contributed by atoms with Crippen molar-refractivity contribution in [2.24, 2.45) is 23.7 Å². The summed E-state index contributed by atoms with van der Waals surface area (Å²) in [6.45, 7) is 13.6. The van der Waals surface area contributed by atoms with Gasteiger partial charge in [0.15, 0.2) is 11.6 Å². The van der Waals surface area contributed by atoms with Crippen LogP contribution in [0.15, 0.2) is 24.3 Å². The number of carbonyl (C=O) groups is 3. The van der Waals surface area contributed by atoms with Gasteiger partial charge in [0.25, 0.3) is 0 Å². The summed E-state index contributed by atoms with van der Waals surface area (Å²) in [6.07, 6.45) is 4.73. The highest BCUT2D eigenvalue weighted by Gasteiger charge is 2.41. The average molecular weight is 627 g/mol. The molecule has 2 saturated heterocycles. The van der Waals surface area contributed by atoms with Gasteiger partial charge in [0.05, 0.1) is 30.2 Å². The molecule has 0 radical (unpaired) electrons. The van der Waals surface area contributed by atoms with Crippen molar-refractivity contribution in [1.82, 2.24) is 19.4 Å². The number of aromatic nitrogens is 2. The molecule has 250 valence electrons. The number of Topliss-reactive ketones (excluding diaryl/α,β-unsaturated/α-hetero) is 1. The van der Waals surface area contributed by atoms with Gasteiger partial charge in [-0.25, -0.2) is 9.78 Å². The second-order valence-corrected chi connectivity index (χ2v) is 14.2. The molecular formula is C35H54N4O6. The summed E-state index contributed by atoms with van der Waals surface area (Å²) in [4.78, 5) is 49.7. The number of likely N-dealkylation sites (tertiary alicyclic amines) is 1. The maximum Gasteiger partial charge on any atom is 0.410 e. The van der Waals surface area contributed by atoms with Crippen molar-refractivity contribution in [2.45, 2.75) is 91.7 Å². The number of benzene rings is 1. The Morgan fingerprint density at radius 3 is 2.44 bits per heavy atom. The highest BCUT2D eigenvalue weighted by Crippen LogP contribution is 2.36. The Balaban J connectivity index is 1.61. The molecule has 2 aliphatic rings. The lowest BCUT2D eigenvalue weighted by atomic mass is 9.75. The zero-order valence-electron chi connectivity index (χ0n) is 28.0. The Hall–Kier alpha value is -2.98. The summed E-state index contributed by atoms with van der Waals surface area (Å²) in [7, 11) is 0. The number of piperidine rings is 1. The number of nitrogens with zero attached hydrogens (tertiary/aromatic N) is 4. The van der Waals surface area contributed by atoms with Gasteiger partial charge in [0.1, 0.15) is 5.60 Å². The molecule has 3 heterocycles. The van der Waals surface area contributed by atoms with E-state index in [0.29, 0.717) is 70.5 Å². The molecule has 2 amide bonds. The lowest BCUT2D eigenvalue weighted by Gasteiger charge is -2.42. The van der Waals surface area contributed by atoms with Gasteiger partial charge in [0.2, 0.25) is 5.91 Å². The van der Waals surface area contributed by atoms with Crippen molar-refractivity contribution < 1.29 is 29.0 Å². The van der Waals surface area contributed by atoms with Crippen LogP contribution in [0.2, 0.25) is 0 Å². The number of rotatable bonds is 13. The first-order valence-electron chi connectivity index (χ1n) is 16.9. The smallest absolute Gasteiger partial charge is 0.410 e. The predicted octanol–water partition coefficient (Wildman–Crippen LogP) is 5.56. The lowest BCUT2D eigenvalue weighted by molar-refractivity contribution is -0.142.